The van der Waals surface area contributed by atoms with Gasteiger partial charge in [0.25, 0.3) is 0 Å². The summed E-state index contributed by atoms with van der Waals surface area (Å²) in [7, 11) is 0. The first-order chi connectivity index (χ1) is 8.38. The molecular formula is C17H23. The topological polar surface area (TPSA) is 0 Å². The van der Waals surface area contributed by atoms with Crippen molar-refractivity contribution in [2.24, 2.45) is 11.8 Å². The maximum absolute atomic E-state index is 3.25. The molecule has 17 heavy (non-hydrogen) atoms. The molecule has 1 fully saturated rings. The van der Waals surface area contributed by atoms with E-state index in [1.807, 2.05) is 0 Å². The van der Waals surface area contributed by atoms with Gasteiger partial charge in [0.1, 0.15) is 0 Å². The van der Waals surface area contributed by atoms with Crippen LogP contribution in [-0.2, 0) is 6.42 Å². The van der Waals surface area contributed by atoms with Crippen LogP contribution in [0.25, 0.3) is 0 Å². The summed E-state index contributed by atoms with van der Waals surface area (Å²) in [5.41, 5.74) is 3.25. The van der Waals surface area contributed by atoms with Crippen LogP contribution in [0.1, 0.15) is 62.5 Å². The van der Waals surface area contributed by atoms with Gasteiger partial charge in [-0.15, -0.1) is 0 Å². The zero-order chi connectivity index (χ0) is 11.7. The Hall–Kier alpha value is -0.780. The highest BCUT2D eigenvalue weighted by Crippen LogP contribution is 2.47. The maximum Gasteiger partial charge on any atom is -0.0131 e. The minimum Gasteiger partial charge on any atom is -0.0654 e. The Morgan fingerprint density at radius 2 is 2.24 bits per heavy atom. The van der Waals surface area contributed by atoms with Gasteiger partial charge in [0.15, 0.2) is 0 Å². The van der Waals surface area contributed by atoms with Crippen LogP contribution in [0.2, 0.25) is 0 Å². The Bertz CT molecular complexity index is 379. The molecule has 0 nitrogen and oxygen atoms in total. The van der Waals surface area contributed by atoms with Crippen LogP contribution in [0.15, 0.2) is 18.2 Å². The highest BCUT2D eigenvalue weighted by atomic mass is 14.4. The van der Waals surface area contributed by atoms with Crippen molar-refractivity contribution >= 4 is 0 Å². The molecule has 0 aliphatic heterocycles. The standard InChI is InChI=1S/C17H23/c1-2-5-13-8-11-17-15(12-13)10-9-14-6-3-4-7-16(14)17/h4,6-7,13,15,17H,2,5,8-12H2,1H3/t13-,15+,17+/m1/s1. The predicted octanol–water partition coefficient (Wildman–Crippen LogP) is 4.73. The average molecular weight is 227 g/mol. The van der Waals surface area contributed by atoms with E-state index in [4.69, 9.17) is 0 Å². The van der Waals surface area contributed by atoms with Gasteiger partial charge in [-0.05, 0) is 67.1 Å². The molecule has 3 atom stereocenters. The second-order valence-corrected chi connectivity index (χ2v) is 6.00. The lowest BCUT2D eigenvalue weighted by Gasteiger charge is -2.40. The first kappa shape index (κ1) is 11.3. The Balaban J connectivity index is 1.78. The maximum atomic E-state index is 3.25. The van der Waals surface area contributed by atoms with Crippen LogP contribution in [0.3, 0.4) is 0 Å². The van der Waals surface area contributed by atoms with E-state index in [1.54, 1.807) is 11.1 Å². The van der Waals surface area contributed by atoms with Crippen molar-refractivity contribution in [2.45, 2.75) is 57.8 Å². The molecule has 0 amide bonds. The van der Waals surface area contributed by atoms with Gasteiger partial charge < -0.3 is 0 Å². The van der Waals surface area contributed by atoms with Crippen LogP contribution < -0.4 is 0 Å². The number of rotatable bonds is 2. The molecule has 0 unspecified atom stereocenters. The third-order valence-corrected chi connectivity index (χ3v) is 4.96. The van der Waals surface area contributed by atoms with Gasteiger partial charge in [0, 0.05) is 0 Å². The van der Waals surface area contributed by atoms with Gasteiger partial charge in [-0.3, -0.25) is 0 Å². The van der Waals surface area contributed by atoms with E-state index >= 15 is 0 Å². The van der Waals surface area contributed by atoms with Gasteiger partial charge in [-0.2, -0.15) is 0 Å². The summed E-state index contributed by atoms with van der Waals surface area (Å²) in [6.45, 7) is 2.33. The molecule has 0 heterocycles. The molecule has 91 valence electrons. The molecule has 0 saturated heterocycles. The summed E-state index contributed by atoms with van der Waals surface area (Å²) in [4.78, 5) is 0. The average Bonchev–Trinajstić information content (AvgIpc) is 2.39. The van der Waals surface area contributed by atoms with E-state index in [-0.39, 0.29) is 0 Å². The summed E-state index contributed by atoms with van der Waals surface area (Å²) in [6, 6.07) is 9.92. The molecule has 1 saturated carbocycles. The van der Waals surface area contributed by atoms with Crippen molar-refractivity contribution < 1.29 is 0 Å². The second kappa shape index (κ2) is 4.84. The van der Waals surface area contributed by atoms with E-state index < -0.39 is 0 Å². The fourth-order valence-corrected chi connectivity index (χ4v) is 4.16. The van der Waals surface area contributed by atoms with Gasteiger partial charge in [0.2, 0.25) is 0 Å². The van der Waals surface area contributed by atoms with Crippen molar-refractivity contribution in [2.75, 3.05) is 0 Å². The summed E-state index contributed by atoms with van der Waals surface area (Å²) in [6.07, 6.45) is 9.95. The molecule has 3 rings (SSSR count). The van der Waals surface area contributed by atoms with Crippen LogP contribution in [0.4, 0.5) is 0 Å². The Morgan fingerprint density at radius 3 is 3.12 bits per heavy atom. The van der Waals surface area contributed by atoms with Crippen LogP contribution in [0, 0.1) is 17.9 Å². The fourth-order valence-electron chi connectivity index (χ4n) is 4.16. The van der Waals surface area contributed by atoms with Crippen molar-refractivity contribution in [3.05, 3.63) is 35.4 Å². The molecule has 2 aliphatic carbocycles. The zero-order valence-electron chi connectivity index (χ0n) is 10.9. The van der Waals surface area contributed by atoms with E-state index in [1.165, 1.54) is 44.9 Å². The summed E-state index contributed by atoms with van der Waals surface area (Å²) in [5, 5.41) is 0. The predicted molar refractivity (Wildman–Crippen MR) is 72.1 cm³/mol. The smallest absolute Gasteiger partial charge is 0.0131 e. The quantitative estimate of drug-likeness (QED) is 0.685. The van der Waals surface area contributed by atoms with E-state index in [2.05, 4.69) is 31.2 Å². The summed E-state index contributed by atoms with van der Waals surface area (Å²) in [5.74, 6) is 2.88. The van der Waals surface area contributed by atoms with Gasteiger partial charge in [0.05, 0.1) is 0 Å². The Morgan fingerprint density at radius 1 is 1.29 bits per heavy atom. The highest BCUT2D eigenvalue weighted by Gasteiger charge is 2.34. The van der Waals surface area contributed by atoms with E-state index in [0.717, 1.165) is 17.8 Å². The lowest BCUT2D eigenvalue weighted by Crippen LogP contribution is -2.28. The van der Waals surface area contributed by atoms with E-state index in [9.17, 15) is 0 Å². The monoisotopic (exact) mass is 227 g/mol. The van der Waals surface area contributed by atoms with Crippen molar-refractivity contribution in [3.63, 3.8) is 0 Å². The molecule has 0 spiro atoms. The zero-order valence-corrected chi connectivity index (χ0v) is 10.9. The number of benzene rings is 1. The van der Waals surface area contributed by atoms with Gasteiger partial charge >= 0.3 is 0 Å². The van der Waals surface area contributed by atoms with Crippen LogP contribution in [-0.4, -0.2) is 0 Å². The van der Waals surface area contributed by atoms with Crippen molar-refractivity contribution in [1.82, 2.24) is 0 Å². The normalized spacial score (nSPS) is 31.7. The lowest BCUT2D eigenvalue weighted by molar-refractivity contribution is 0.201. The summed E-state index contributed by atoms with van der Waals surface area (Å²) < 4.78 is 0. The first-order valence-corrected chi connectivity index (χ1v) is 7.37. The molecule has 0 bridgehead atoms. The van der Waals surface area contributed by atoms with Gasteiger partial charge in [-0.1, -0.05) is 38.0 Å². The second-order valence-electron chi connectivity index (χ2n) is 6.00. The third kappa shape index (κ3) is 2.14. The van der Waals surface area contributed by atoms with Gasteiger partial charge in [-0.25, -0.2) is 0 Å². The number of fused-ring (bicyclic) bond motifs is 3. The van der Waals surface area contributed by atoms with Crippen LogP contribution in [0.5, 0.6) is 0 Å². The van der Waals surface area contributed by atoms with Crippen LogP contribution >= 0.6 is 0 Å². The Kier molecular flexibility index (Phi) is 3.22. The Labute approximate surface area is 105 Å². The molecule has 0 aromatic heterocycles. The SMILES string of the molecule is CCC[C@@H]1CC[C@@H]2c3cc[c]cc3CC[C@H]2C1. The molecule has 1 radical (unpaired) electrons. The highest BCUT2D eigenvalue weighted by molar-refractivity contribution is 5.33. The molecule has 1 aromatic carbocycles. The van der Waals surface area contributed by atoms with Crippen molar-refractivity contribution in [1.29, 1.82) is 0 Å². The fraction of sp³-hybridized carbons (Fsp3) is 0.647. The molecule has 0 heteroatoms. The summed E-state index contributed by atoms with van der Waals surface area (Å²) >= 11 is 0. The first-order valence-electron chi connectivity index (χ1n) is 7.37. The van der Waals surface area contributed by atoms with E-state index in [0.29, 0.717) is 0 Å². The molecular weight excluding hydrogens is 204 g/mol. The van der Waals surface area contributed by atoms with Crippen molar-refractivity contribution in [3.8, 4) is 0 Å². The minimum atomic E-state index is 0.876. The molecule has 1 aromatic rings. The molecule has 0 N–H and O–H groups in total. The lowest BCUT2D eigenvalue weighted by atomic mass is 9.65. The molecule has 2 aliphatic rings. The third-order valence-electron chi connectivity index (χ3n) is 4.96. The largest absolute Gasteiger partial charge is 0.0654 e. The number of aryl methyl sites for hydroxylation is 1. The minimum absolute atomic E-state index is 0.876. The number of hydrogen-bond donors (Lipinski definition) is 0. The number of hydrogen-bond acceptors (Lipinski definition) is 0.